The van der Waals surface area contributed by atoms with E-state index in [0.29, 0.717) is 20.8 Å². The third-order valence-corrected chi connectivity index (χ3v) is 4.36. The fourth-order valence-corrected chi connectivity index (χ4v) is 3.16. The maximum Gasteiger partial charge on any atom is 0.243 e. The number of carbonyl (C=O) groups excluding carboxylic acids is 1. The van der Waals surface area contributed by atoms with Gasteiger partial charge in [-0.25, -0.2) is 0 Å². The highest BCUT2D eigenvalue weighted by Crippen LogP contribution is 2.29. The Balaban J connectivity index is 1.99. The molecule has 0 aliphatic carbocycles. The van der Waals surface area contributed by atoms with Crippen molar-refractivity contribution in [3.8, 4) is 0 Å². The lowest BCUT2D eigenvalue weighted by Gasteiger charge is -2.11. The summed E-state index contributed by atoms with van der Waals surface area (Å²) in [6.45, 7) is 0.0964. The van der Waals surface area contributed by atoms with Crippen LogP contribution in [0.5, 0.6) is 0 Å². The molecule has 0 saturated heterocycles. The lowest BCUT2D eigenvalue weighted by atomic mass is 10.3. The summed E-state index contributed by atoms with van der Waals surface area (Å²) in [4.78, 5) is 11.9. The van der Waals surface area contributed by atoms with Crippen molar-refractivity contribution in [3.05, 3.63) is 55.0 Å². The molecule has 0 spiro atoms. The molecule has 7 heteroatoms. The zero-order valence-corrected chi connectivity index (χ0v) is 15.0. The van der Waals surface area contributed by atoms with Gasteiger partial charge in [0.15, 0.2) is 0 Å². The van der Waals surface area contributed by atoms with Crippen molar-refractivity contribution in [2.45, 2.75) is 0 Å². The molecular formula is C14H10Cl3IN2O. The highest BCUT2D eigenvalue weighted by atomic mass is 127. The van der Waals surface area contributed by atoms with E-state index >= 15 is 0 Å². The molecule has 110 valence electrons. The van der Waals surface area contributed by atoms with Crippen molar-refractivity contribution in [1.82, 2.24) is 0 Å². The molecule has 0 radical (unpaired) electrons. The molecule has 2 aromatic carbocycles. The maximum absolute atomic E-state index is 11.9. The standard InChI is InChI=1S/C14H10Cl3IN2O/c15-8-4-5-12(11(18)6-8)19-7-13(21)20-14-9(16)2-1-3-10(14)17/h1-6,19H,7H2,(H,20,21). The average molecular weight is 456 g/mol. The number of amides is 1. The van der Waals surface area contributed by atoms with Gasteiger partial charge in [0.2, 0.25) is 5.91 Å². The van der Waals surface area contributed by atoms with Crippen LogP contribution in [0.15, 0.2) is 36.4 Å². The molecule has 2 rings (SSSR count). The topological polar surface area (TPSA) is 41.1 Å². The Morgan fingerprint density at radius 3 is 2.38 bits per heavy atom. The molecule has 0 aromatic heterocycles. The quantitative estimate of drug-likeness (QED) is 0.614. The van der Waals surface area contributed by atoms with Crippen LogP contribution >= 0.6 is 57.4 Å². The second-order valence-electron chi connectivity index (χ2n) is 4.12. The molecule has 2 aromatic rings. The first-order valence-corrected chi connectivity index (χ1v) is 8.11. The lowest BCUT2D eigenvalue weighted by Crippen LogP contribution is -2.22. The normalized spacial score (nSPS) is 10.3. The molecule has 0 heterocycles. The minimum atomic E-state index is -0.240. The van der Waals surface area contributed by atoms with E-state index in [0.717, 1.165) is 9.26 Å². The fraction of sp³-hybridized carbons (Fsp3) is 0.0714. The second kappa shape index (κ2) is 7.54. The Labute approximate surface area is 151 Å². The highest BCUT2D eigenvalue weighted by molar-refractivity contribution is 14.1. The van der Waals surface area contributed by atoms with E-state index in [2.05, 4.69) is 33.2 Å². The van der Waals surface area contributed by atoms with Gasteiger partial charge in [-0.1, -0.05) is 40.9 Å². The van der Waals surface area contributed by atoms with E-state index < -0.39 is 0 Å². The summed E-state index contributed by atoms with van der Waals surface area (Å²) >= 11 is 20.0. The molecule has 0 atom stereocenters. The molecule has 21 heavy (non-hydrogen) atoms. The largest absolute Gasteiger partial charge is 0.375 e. The van der Waals surface area contributed by atoms with Crippen LogP contribution in [0.4, 0.5) is 11.4 Å². The zero-order chi connectivity index (χ0) is 15.4. The summed E-state index contributed by atoms with van der Waals surface area (Å²) in [6.07, 6.45) is 0. The molecule has 0 fully saturated rings. The maximum atomic E-state index is 11.9. The fourth-order valence-electron chi connectivity index (χ4n) is 1.61. The molecule has 0 unspecified atom stereocenters. The first-order valence-electron chi connectivity index (χ1n) is 5.90. The Hall–Kier alpha value is -0.690. The van der Waals surface area contributed by atoms with Crippen LogP contribution in [0.2, 0.25) is 15.1 Å². The highest BCUT2D eigenvalue weighted by Gasteiger charge is 2.10. The van der Waals surface area contributed by atoms with Gasteiger partial charge in [0.25, 0.3) is 0 Å². The van der Waals surface area contributed by atoms with Gasteiger partial charge in [0, 0.05) is 14.3 Å². The summed E-state index contributed by atoms with van der Waals surface area (Å²) in [6, 6.07) is 10.4. The van der Waals surface area contributed by atoms with Gasteiger partial charge in [-0.05, 0) is 52.9 Å². The summed E-state index contributed by atoms with van der Waals surface area (Å²) in [5.74, 6) is -0.240. The number of rotatable bonds is 4. The number of halogens is 4. The van der Waals surface area contributed by atoms with Gasteiger partial charge in [-0.15, -0.1) is 0 Å². The van der Waals surface area contributed by atoms with Gasteiger partial charge in [-0.2, -0.15) is 0 Å². The van der Waals surface area contributed by atoms with E-state index in [4.69, 9.17) is 34.8 Å². The van der Waals surface area contributed by atoms with Gasteiger partial charge in [0.1, 0.15) is 0 Å². The minimum Gasteiger partial charge on any atom is -0.375 e. The van der Waals surface area contributed by atoms with E-state index in [1.54, 1.807) is 24.3 Å². The molecule has 2 N–H and O–H groups in total. The van der Waals surface area contributed by atoms with E-state index in [1.807, 2.05) is 12.1 Å². The first kappa shape index (κ1) is 16.7. The zero-order valence-electron chi connectivity index (χ0n) is 10.6. The van der Waals surface area contributed by atoms with Crippen LogP contribution in [-0.4, -0.2) is 12.5 Å². The van der Waals surface area contributed by atoms with Crippen molar-refractivity contribution in [1.29, 1.82) is 0 Å². The number of benzene rings is 2. The summed E-state index contributed by atoms with van der Waals surface area (Å²) in [5, 5.41) is 7.17. The van der Waals surface area contributed by atoms with Crippen molar-refractivity contribution in [3.63, 3.8) is 0 Å². The van der Waals surface area contributed by atoms with Crippen LogP contribution < -0.4 is 10.6 Å². The predicted octanol–water partition coefficient (Wildman–Crippen LogP) is 5.30. The Morgan fingerprint density at radius 1 is 1.10 bits per heavy atom. The van der Waals surface area contributed by atoms with E-state index in [9.17, 15) is 4.79 Å². The Bertz CT molecular complexity index is 659. The number of anilines is 2. The van der Waals surface area contributed by atoms with Crippen LogP contribution in [0, 0.1) is 3.57 Å². The van der Waals surface area contributed by atoms with Crippen LogP contribution in [0.3, 0.4) is 0 Å². The van der Waals surface area contributed by atoms with Gasteiger partial charge >= 0.3 is 0 Å². The van der Waals surface area contributed by atoms with Gasteiger partial charge in [0.05, 0.1) is 22.3 Å². The average Bonchev–Trinajstić information content (AvgIpc) is 2.42. The van der Waals surface area contributed by atoms with Crippen molar-refractivity contribution in [2.75, 3.05) is 17.2 Å². The SMILES string of the molecule is O=C(CNc1ccc(Cl)cc1I)Nc1c(Cl)cccc1Cl. The summed E-state index contributed by atoms with van der Waals surface area (Å²) in [7, 11) is 0. The number of hydrogen-bond acceptors (Lipinski definition) is 2. The summed E-state index contributed by atoms with van der Waals surface area (Å²) in [5.41, 5.74) is 1.25. The molecule has 0 aliphatic rings. The van der Waals surface area contributed by atoms with Crippen molar-refractivity contribution < 1.29 is 4.79 Å². The second-order valence-corrected chi connectivity index (χ2v) is 6.54. The van der Waals surface area contributed by atoms with Crippen molar-refractivity contribution >= 4 is 74.7 Å². The van der Waals surface area contributed by atoms with Gasteiger partial charge < -0.3 is 10.6 Å². The first-order chi connectivity index (χ1) is 9.97. The smallest absolute Gasteiger partial charge is 0.243 e. The number of hydrogen-bond donors (Lipinski definition) is 2. The molecular weight excluding hydrogens is 445 g/mol. The predicted molar refractivity (Wildman–Crippen MR) is 97.8 cm³/mol. The Kier molecular flexibility index (Phi) is 5.98. The molecule has 0 bridgehead atoms. The Morgan fingerprint density at radius 2 is 1.76 bits per heavy atom. The molecule has 0 aliphatic heterocycles. The number of carbonyl (C=O) groups is 1. The van der Waals surface area contributed by atoms with Crippen LogP contribution in [0.1, 0.15) is 0 Å². The van der Waals surface area contributed by atoms with Crippen LogP contribution in [-0.2, 0) is 4.79 Å². The third-order valence-electron chi connectivity index (χ3n) is 2.60. The van der Waals surface area contributed by atoms with Crippen LogP contribution in [0.25, 0.3) is 0 Å². The number of nitrogens with one attached hydrogen (secondary N) is 2. The molecule has 1 amide bonds. The molecule has 3 nitrogen and oxygen atoms in total. The monoisotopic (exact) mass is 454 g/mol. The van der Waals surface area contributed by atoms with Crippen molar-refractivity contribution in [2.24, 2.45) is 0 Å². The summed E-state index contributed by atoms with van der Waals surface area (Å²) < 4.78 is 0.934. The lowest BCUT2D eigenvalue weighted by molar-refractivity contribution is -0.114. The van der Waals surface area contributed by atoms with Gasteiger partial charge in [-0.3, -0.25) is 4.79 Å². The minimum absolute atomic E-state index is 0.0964. The number of para-hydroxylation sites is 1. The van der Waals surface area contributed by atoms with E-state index in [1.165, 1.54) is 0 Å². The van der Waals surface area contributed by atoms with E-state index in [-0.39, 0.29) is 12.5 Å². The molecule has 0 saturated carbocycles. The third kappa shape index (κ3) is 4.64.